The van der Waals surface area contributed by atoms with Crippen molar-refractivity contribution < 1.29 is 4.74 Å². The van der Waals surface area contributed by atoms with Crippen molar-refractivity contribution in [3.63, 3.8) is 0 Å². The third-order valence-corrected chi connectivity index (χ3v) is 1.22. The SMILES string of the molecule is COC(CN)C1NN1. The van der Waals surface area contributed by atoms with Crippen LogP contribution in [0, 0.1) is 0 Å². The van der Waals surface area contributed by atoms with E-state index in [1.807, 2.05) is 0 Å². The van der Waals surface area contributed by atoms with E-state index < -0.39 is 0 Å². The Bertz CT molecular complexity index is 69.7. The lowest BCUT2D eigenvalue weighted by molar-refractivity contribution is 0.106. The Kier molecular flexibility index (Phi) is 1.80. The van der Waals surface area contributed by atoms with Crippen LogP contribution in [0.2, 0.25) is 0 Å². The Hall–Kier alpha value is -0.160. The van der Waals surface area contributed by atoms with E-state index in [9.17, 15) is 0 Å². The maximum atomic E-state index is 5.32. The Morgan fingerprint density at radius 2 is 2.38 bits per heavy atom. The van der Waals surface area contributed by atoms with Gasteiger partial charge in [0.2, 0.25) is 0 Å². The number of hydrazine groups is 1. The summed E-state index contributed by atoms with van der Waals surface area (Å²) in [5.41, 5.74) is 11.1. The molecule has 8 heavy (non-hydrogen) atoms. The fraction of sp³-hybridized carbons (Fsp3) is 1.00. The number of hydrogen-bond donors (Lipinski definition) is 3. The van der Waals surface area contributed by atoms with Gasteiger partial charge in [-0.2, -0.15) is 0 Å². The van der Waals surface area contributed by atoms with Crippen LogP contribution in [0.3, 0.4) is 0 Å². The summed E-state index contributed by atoms with van der Waals surface area (Å²) in [5, 5.41) is 0. The summed E-state index contributed by atoms with van der Waals surface area (Å²) < 4.78 is 4.97. The molecular formula is C4H11N3O. The van der Waals surface area contributed by atoms with Crippen LogP contribution in [0.1, 0.15) is 0 Å². The number of nitrogens with two attached hydrogens (primary N) is 1. The molecule has 0 bridgehead atoms. The van der Waals surface area contributed by atoms with Gasteiger partial charge in [-0.3, -0.25) is 0 Å². The second-order valence-electron chi connectivity index (χ2n) is 1.78. The van der Waals surface area contributed by atoms with Crippen LogP contribution < -0.4 is 16.6 Å². The first kappa shape index (κ1) is 5.97. The quantitative estimate of drug-likeness (QED) is 0.389. The second-order valence-corrected chi connectivity index (χ2v) is 1.78. The van der Waals surface area contributed by atoms with Gasteiger partial charge in [0, 0.05) is 13.7 Å². The standard InChI is InChI=1S/C4H11N3O/c1-8-3(2-5)4-6-7-4/h3-4,6-7H,2,5H2,1H3. The largest absolute Gasteiger partial charge is 0.377 e. The van der Waals surface area contributed by atoms with Gasteiger partial charge in [-0.1, -0.05) is 0 Å². The Labute approximate surface area is 48.4 Å². The van der Waals surface area contributed by atoms with Crippen LogP contribution in [0.4, 0.5) is 0 Å². The normalized spacial score (nSPS) is 23.2. The lowest BCUT2D eigenvalue weighted by Crippen LogP contribution is -2.30. The molecule has 0 spiro atoms. The number of methoxy groups -OCH3 is 1. The van der Waals surface area contributed by atoms with E-state index in [1.165, 1.54) is 0 Å². The van der Waals surface area contributed by atoms with Crippen molar-refractivity contribution in [1.82, 2.24) is 10.9 Å². The Morgan fingerprint density at radius 3 is 2.50 bits per heavy atom. The molecule has 1 fully saturated rings. The topological polar surface area (TPSA) is 79.1 Å². The highest BCUT2D eigenvalue weighted by molar-refractivity contribution is 4.81. The maximum Gasteiger partial charge on any atom is 0.111 e. The molecule has 1 heterocycles. The number of rotatable bonds is 3. The molecule has 0 radical (unpaired) electrons. The third-order valence-electron chi connectivity index (χ3n) is 1.22. The second kappa shape index (κ2) is 2.41. The molecule has 0 aromatic heterocycles. The van der Waals surface area contributed by atoms with Crippen molar-refractivity contribution in [1.29, 1.82) is 0 Å². The van der Waals surface area contributed by atoms with E-state index in [0.717, 1.165) is 0 Å². The minimum Gasteiger partial charge on any atom is -0.377 e. The van der Waals surface area contributed by atoms with Gasteiger partial charge in [0.15, 0.2) is 0 Å². The van der Waals surface area contributed by atoms with Crippen molar-refractivity contribution >= 4 is 0 Å². The highest BCUT2D eigenvalue weighted by atomic mass is 16.5. The summed E-state index contributed by atoms with van der Waals surface area (Å²) in [4.78, 5) is 0. The first-order chi connectivity index (χ1) is 3.88. The van der Waals surface area contributed by atoms with Gasteiger partial charge in [0.05, 0.1) is 0 Å². The van der Waals surface area contributed by atoms with Crippen molar-refractivity contribution in [3.8, 4) is 0 Å². The summed E-state index contributed by atoms with van der Waals surface area (Å²) in [5.74, 6) is 0. The molecule has 48 valence electrons. The van der Waals surface area contributed by atoms with E-state index in [1.54, 1.807) is 7.11 Å². The smallest absolute Gasteiger partial charge is 0.111 e. The summed E-state index contributed by atoms with van der Waals surface area (Å²) in [7, 11) is 1.65. The van der Waals surface area contributed by atoms with Crippen LogP contribution in [0.25, 0.3) is 0 Å². The molecule has 0 amide bonds. The molecular weight excluding hydrogens is 106 g/mol. The number of ether oxygens (including phenoxy) is 1. The van der Waals surface area contributed by atoms with Crippen LogP contribution in [-0.2, 0) is 4.74 Å². The lowest BCUT2D eigenvalue weighted by atomic mass is 10.3. The summed E-state index contributed by atoms with van der Waals surface area (Å²) in [6.07, 6.45) is 0.403. The molecule has 4 nitrogen and oxygen atoms in total. The zero-order valence-electron chi connectivity index (χ0n) is 4.85. The average molecular weight is 117 g/mol. The molecule has 4 N–H and O–H groups in total. The predicted octanol–water partition coefficient (Wildman–Crippen LogP) is -1.61. The van der Waals surface area contributed by atoms with Crippen molar-refractivity contribution in [3.05, 3.63) is 0 Å². The number of hydrogen-bond acceptors (Lipinski definition) is 4. The first-order valence-electron chi connectivity index (χ1n) is 2.62. The van der Waals surface area contributed by atoms with Gasteiger partial charge in [0.1, 0.15) is 12.3 Å². The molecule has 0 saturated carbocycles. The van der Waals surface area contributed by atoms with E-state index in [-0.39, 0.29) is 12.3 Å². The molecule has 1 aliphatic rings. The Balaban J connectivity index is 2.15. The highest BCUT2D eigenvalue weighted by Crippen LogP contribution is 1.98. The van der Waals surface area contributed by atoms with Gasteiger partial charge in [-0.15, -0.1) is 0 Å². The molecule has 0 aromatic carbocycles. The van der Waals surface area contributed by atoms with Gasteiger partial charge >= 0.3 is 0 Å². The fourth-order valence-corrected chi connectivity index (χ4v) is 0.602. The monoisotopic (exact) mass is 117 g/mol. The van der Waals surface area contributed by atoms with Crippen molar-refractivity contribution in [2.75, 3.05) is 13.7 Å². The molecule has 1 atom stereocenters. The van der Waals surface area contributed by atoms with E-state index in [2.05, 4.69) is 10.9 Å². The van der Waals surface area contributed by atoms with Gasteiger partial charge in [0.25, 0.3) is 0 Å². The number of nitrogens with one attached hydrogen (secondary N) is 2. The lowest BCUT2D eigenvalue weighted by Gasteiger charge is -2.06. The molecule has 0 aromatic rings. The minimum atomic E-state index is 0.120. The van der Waals surface area contributed by atoms with Crippen LogP contribution >= 0.6 is 0 Å². The summed E-state index contributed by atoms with van der Waals surface area (Å²) in [6, 6.07) is 0. The average Bonchev–Trinajstić information content (AvgIpc) is 2.53. The predicted molar refractivity (Wildman–Crippen MR) is 29.9 cm³/mol. The molecule has 1 rings (SSSR count). The van der Waals surface area contributed by atoms with Gasteiger partial charge in [-0.05, 0) is 0 Å². The van der Waals surface area contributed by atoms with E-state index in [0.29, 0.717) is 6.54 Å². The zero-order chi connectivity index (χ0) is 5.98. The molecule has 0 aliphatic carbocycles. The van der Waals surface area contributed by atoms with E-state index in [4.69, 9.17) is 10.5 Å². The zero-order valence-corrected chi connectivity index (χ0v) is 4.85. The van der Waals surface area contributed by atoms with Crippen molar-refractivity contribution in [2.24, 2.45) is 5.73 Å². The molecule has 1 aliphatic heterocycles. The maximum absolute atomic E-state index is 5.32. The van der Waals surface area contributed by atoms with E-state index >= 15 is 0 Å². The molecule has 1 unspecified atom stereocenters. The molecule has 4 heteroatoms. The minimum absolute atomic E-state index is 0.120. The third kappa shape index (κ3) is 1.16. The highest BCUT2D eigenvalue weighted by Gasteiger charge is 2.28. The van der Waals surface area contributed by atoms with Crippen LogP contribution in [0.5, 0.6) is 0 Å². The van der Waals surface area contributed by atoms with Crippen LogP contribution in [0.15, 0.2) is 0 Å². The van der Waals surface area contributed by atoms with Gasteiger partial charge < -0.3 is 10.5 Å². The van der Waals surface area contributed by atoms with Gasteiger partial charge in [-0.25, -0.2) is 10.9 Å². The fourth-order valence-electron chi connectivity index (χ4n) is 0.602. The summed E-state index contributed by atoms with van der Waals surface area (Å²) >= 11 is 0. The Morgan fingerprint density at radius 1 is 1.75 bits per heavy atom. The summed E-state index contributed by atoms with van der Waals surface area (Å²) in [6.45, 7) is 0.557. The van der Waals surface area contributed by atoms with Crippen molar-refractivity contribution in [2.45, 2.75) is 12.3 Å². The molecule has 1 saturated heterocycles. The first-order valence-corrected chi connectivity index (χ1v) is 2.62. The van der Waals surface area contributed by atoms with Crippen LogP contribution in [-0.4, -0.2) is 25.9 Å².